The molecule has 5 heteroatoms. The van der Waals surface area contributed by atoms with Crippen LogP contribution in [0.15, 0.2) is 30.3 Å². The van der Waals surface area contributed by atoms with Crippen LogP contribution >= 0.6 is 0 Å². The number of benzene rings is 1. The van der Waals surface area contributed by atoms with Crippen molar-refractivity contribution < 1.29 is 22.4 Å². The van der Waals surface area contributed by atoms with Gasteiger partial charge in [0.2, 0.25) is 0 Å². The maximum atomic E-state index is 9.85. The van der Waals surface area contributed by atoms with Gasteiger partial charge in [0.15, 0.2) is 0 Å². The summed E-state index contributed by atoms with van der Waals surface area (Å²) in [6.07, 6.45) is 0. The molecular weight excluding hydrogens is 238 g/mol. The number of hydroxylamine groups is 1. The summed E-state index contributed by atoms with van der Waals surface area (Å²) in [5.74, 6) is 1.01. The molecule has 2 rings (SSSR count). The second kappa shape index (κ2) is 6.35. The quantitative estimate of drug-likeness (QED) is 0.325. The van der Waals surface area contributed by atoms with E-state index in [1.165, 1.54) is 10.3 Å². The van der Waals surface area contributed by atoms with Crippen molar-refractivity contribution >= 4 is 5.96 Å². The van der Waals surface area contributed by atoms with Gasteiger partial charge in [-0.1, -0.05) is 42.0 Å². The van der Waals surface area contributed by atoms with Crippen LogP contribution < -0.4 is 23.0 Å². The van der Waals surface area contributed by atoms with Crippen LogP contribution in [-0.4, -0.2) is 35.5 Å². The molecule has 1 aliphatic rings. The predicted octanol–water partition coefficient (Wildman–Crippen LogP) is -2.26. The van der Waals surface area contributed by atoms with E-state index in [1.807, 2.05) is 18.2 Å². The van der Waals surface area contributed by atoms with E-state index in [9.17, 15) is 5.21 Å². The zero-order chi connectivity index (χ0) is 11.4. The Labute approximate surface area is 108 Å². The fourth-order valence-corrected chi connectivity index (χ4v) is 1.84. The van der Waals surface area contributed by atoms with E-state index >= 15 is 0 Å². The summed E-state index contributed by atoms with van der Waals surface area (Å²) in [6, 6.07) is 10.2. The van der Waals surface area contributed by atoms with Crippen LogP contribution in [-0.2, 0) is 0 Å². The number of rotatable bonds is 3. The minimum Gasteiger partial charge on any atom is -1.00 e. The fourth-order valence-electron chi connectivity index (χ4n) is 1.84. The van der Waals surface area contributed by atoms with E-state index in [-0.39, 0.29) is 12.4 Å². The molecule has 1 fully saturated rings. The third-order valence-corrected chi connectivity index (χ3v) is 2.78. The monoisotopic (exact) mass is 255 g/mol. The van der Waals surface area contributed by atoms with Crippen molar-refractivity contribution in [1.29, 1.82) is 0 Å². The van der Waals surface area contributed by atoms with Crippen molar-refractivity contribution in [2.75, 3.05) is 19.6 Å². The van der Waals surface area contributed by atoms with Crippen molar-refractivity contribution in [3.05, 3.63) is 35.9 Å². The fraction of sp³-hybridized carbons (Fsp3) is 0.417. The van der Waals surface area contributed by atoms with Crippen molar-refractivity contribution in [1.82, 2.24) is 10.6 Å². The lowest BCUT2D eigenvalue weighted by atomic mass is 10.0. The summed E-state index contributed by atoms with van der Waals surface area (Å²) in [6.45, 7) is 4.42. The van der Waals surface area contributed by atoms with Crippen LogP contribution in [0.1, 0.15) is 18.4 Å². The first kappa shape index (κ1) is 13.6. The van der Waals surface area contributed by atoms with E-state index in [4.69, 9.17) is 0 Å². The van der Waals surface area contributed by atoms with Crippen molar-refractivity contribution in [3.8, 4) is 0 Å². The molecule has 0 radical (unpaired) electrons. The van der Waals surface area contributed by atoms with Gasteiger partial charge in [-0.25, -0.2) is 0 Å². The van der Waals surface area contributed by atoms with Gasteiger partial charge < -0.3 is 17.6 Å². The van der Waals surface area contributed by atoms with Crippen LogP contribution in [0.3, 0.4) is 0 Å². The highest BCUT2D eigenvalue weighted by Gasteiger charge is 2.19. The summed E-state index contributed by atoms with van der Waals surface area (Å²) < 4.78 is 1.25. The Morgan fingerprint density at radius 2 is 1.82 bits per heavy atom. The number of nitrogens with one attached hydrogen (secondary N) is 2. The molecule has 1 atom stereocenters. The molecular formula is C12H18ClN3O. The molecule has 0 bridgehead atoms. The maximum Gasteiger partial charge on any atom is 0.382 e. The van der Waals surface area contributed by atoms with Crippen LogP contribution in [0.5, 0.6) is 0 Å². The van der Waals surface area contributed by atoms with E-state index in [2.05, 4.69) is 29.7 Å². The standard InChI is InChI=1S/C12H17N3O.ClH/c1-10(11-5-3-2-4-6-11)9-15(16)12-13-7-8-14-12;/h2-6,10,16H,7-9H2,1H3,(H,13,14);1H. The first-order valence-electron chi connectivity index (χ1n) is 5.63. The second-order valence-electron chi connectivity index (χ2n) is 4.10. The van der Waals surface area contributed by atoms with Gasteiger partial charge in [0.25, 0.3) is 0 Å². The van der Waals surface area contributed by atoms with E-state index in [0.29, 0.717) is 18.4 Å². The van der Waals surface area contributed by atoms with Crippen LogP contribution in [0.25, 0.3) is 0 Å². The largest absolute Gasteiger partial charge is 1.00 e. The Bertz CT molecular complexity index is 373. The molecule has 0 aliphatic carbocycles. The van der Waals surface area contributed by atoms with Gasteiger partial charge in [0, 0.05) is 5.92 Å². The van der Waals surface area contributed by atoms with Gasteiger partial charge >= 0.3 is 5.96 Å². The summed E-state index contributed by atoms with van der Waals surface area (Å²) in [5.41, 5.74) is 1.24. The molecule has 1 aliphatic heterocycles. The average Bonchev–Trinajstić information content (AvgIpc) is 2.83. The number of hydrogen-bond acceptors (Lipinski definition) is 1. The van der Waals surface area contributed by atoms with E-state index < -0.39 is 0 Å². The summed E-state index contributed by atoms with van der Waals surface area (Å²) >= 11 is 0. The van der Waals surface area contributed by atoms with Gasteiger partial charge in [0.05, 0.1) is 13.1 Å². The van der Waals surface area contributed by atoms with Gasteiger partial charge in [0.1, 0.15) is 6.54 Å². The SMILES string of the molecule is CC(C[N+](O)=C1NCCN1)c1ccccc1.[Cl-]. The summed E-state index contributed by atoms with van der Waals surface area (Å²) in [4.78, 5) is 0. The molecule has 94 valence electrons. The highest BCUT2D eigenvalue weighted by molar-refractivity contribution is 5.76. The number of hydrogen-bond donors (Lipinski definition) is 3. The zero-order valence-electron chi connectivity index (χ0n) is 9.86. The highest BCUT2D eigenvalue weighted by Crippen LogP contribution is 2.13. The summed E-state index contributed by atoms with van der Waals surface area (Å²) in [7, 11) is 0. The van der Waals surface area contributed by atoms with Gasteiger partial charge in [-0.2, -0.15) is 0 Å². The third-order valence-electron chi connectivity index (χ3n) is 2.78. The van der Waals surface area contributed by atoms with Gasteiger partial charge in [-0.3, -0.25) is 10.6 Å². The number of guanidine groups is 1. The molecule has 1 aromatic rings. The highest BCUT2D eigenvalue weighted by atomic mass is 35.5. The Morgan fingerprint density at radius 1 is 1.24 bits per heavy atom. The normalized spacial score (nSPS) is 15.5. The van der Waals surface area contributed by atoms with Gasteiger partial charge in [-0.05, 0) is 5.56 Å². The Kier molecular flexibility index (Phi) is 5.10. The first-order chi connectivity index (χ1) is 7.77. The molecule has 0 amide bonds. The van der Waals surface area contributed by atoms with Crippen molar-refractivity contribution in [3.63, 3.8) is 0 Å². The first-order valence-corrected chi connectivity index (χ1v) is 5.63. The minimum atomic E-state index is 0. The van der Waals surface area contributed by atoms with Crippen LogP contribution in [0, 0.1) is 0 Å². The molecule has 1 heterocycles. The van der Waals surface area contributed by atoms with Crippen molar-refractivity contribution in [2.24, 2.45) is 0 Å². The lowest BCUT2D eigenvalue weighted by Gasteiger charge is -2.11. The summed E-state index contributed by atoms with van der Waals surface area (Å²) in [5, 5.41) is 16.0. The Balaban J connectivity index is 0.00000144. The second-order valence-corrected chi connectivity index (χ2v) is 4.10. The number of halogens is 1. The molecule has 1 aromatic carbocycles. The molecule has 3 N–H and O–H groups in total. The lowest BCUT2D eigenvalue weighted by molar-refractivity contribution is -0.777. The van der Waals surface area contributed by atoms with Crippen LogP contribution in [0.4, 0.5) is 0 Å². The predicted molar refractivity (Wildman–Crippen MR) is 62.8 cm³/mol. The lowest BCUT2D eigenvalue weighted by Crippen LogP contribution is -3.00. The third kappa shape index (κ3) is 3.53. The smallest absolute Gasteiger partial charge is 0.382 e. The molecule has 0 aromatic heterocycles. The number of nitrogens with zero attached hydrogens (tertiary/aromatic N) is 1. The van der Waals surface area contributed by atoms with Crippen molar-refractivity contribution in [2.45, 2.75) is 12.8 Å². The Morgan fingerprint density at radius 3 is 2.41 bits per heavy atom. The average molecular weight is 256 g/mol. The molecule has 17 heavy (non-hydrogen) atoms. The molecule has 0 saturated carbocycles. The maximum absolute atomic E-state index is 9.85. The molecule has 4 nitrogen and oxygen atoms in total. The zero-order valence-corrected chi connectivity index (χ0v) is 10.6. The molecule has 0 spiro atoms. The topological polar surface area (TPSA) is 47.3 Å². The molecule has 1 saturated heterocycles. The van der Waals surface area contributed by atoms with E-state index in [1.54, 1.807) is 0 Å². The minimum absolute atomic E-state index is 0. The van der Waals surface area contributed by atoms with E-state index in [0.717, 1.165) is 13.1 Å². The van der Waals surface area contributed by atoms with Crippen LogP contribution in [0.2, 0.25) is 0 Å². The van der Waals surface area contributed by atoms with Gasteiger partial charge in [-0.15, -0.1) is 0 Å². The Hall–Kier alpha value is -1.42. The molecule has 1 unspecified atom stereocenters.